The van der Waals surface area contributed by atoms with Crippen molar-refractivity contribution in [2.75, 3.05) is 6.54 Å². The summed E-state index contributed by atoms with van der Waals surface area (Å²) < 4.78 is 2.15. The Bertz CT molecular complexity index is 371. The lowest BCUT2D eigenvalue weighted by atomic mass is 10.2. The molecule has 1 aromatic rings. The number of rotatable bonds is 7. The Balaban J connectivity index is 2.52. The minimum atomic E-state index is 0.112. The summed E-state index contributed by atoms with van der Waals surface area (Å²) in [5.74, 6) is 0.112. The molecule has 2 N–H and O–H groups in total. The van der Waals surface area contributed by atoms with E-state index in [0.29, 0.717) is 12.5 Å². The van der Waals surface area contributed by atoms with Crippen LogP contribution in [0.2, 0.25) is 0 Å². The molecule has 1 aromatic heterocycles. The van der Waals surface area contributed by atoms with Crippen LogP contribution in [0.5, 0.6) is 0 Å². The molecular formula is C14H25N3O. The lowest BCUT2D eigenvalue weighted by Gasteiger charge is -2.16. The zero-order valence-corrected chi connectivity index (χ0v) is 11.9. The van der Waals surface area contributed by atoms with Crippen molar-refractivity contribution in [3.8, 4) is 0 Å². The molecule has 4 heteroatoms. The second-order valence-electron chi connectivity index (χ2n) is 4.88. The van der Waals surface area contributed by atoms with Crippen LogP contribution in [0.15, 0.2) is 18.3 Å². The maximum absolute atomic E-state index is 11.6. The van der Waals surface area contributed by atoms with Crippen molar-refractivity contribution in [1.29, 1.82) is 0 Å². The van der Waals surface area contributed by atoms with E-state index in [2.05, 4.69) is 35.1 Å². The quantitative estimate of drug-likeness (QED) is 0.779. The minimum absolute atomic E-state index is 0.112. The molecular weight excluding hydrogens is 226 g/mol. The van der Waals surface area contributed by atoms with E-state index < -0.39 is 0 Å². The first kappa shape index (κ1) is 14.8. The van der Waals surface area contributed by atoms with Gasteiger partial charge in [-0.3, -0.25) is 4.79 Å². The standard InChI is InChI=1S/C14H25N3O/c1-5-15-12(4)13-7-6-9-17(13)10-8-14(18)16-11(2)3/h6-7,9,11-12,15H,5,8,10H2,1-4H3,(H,16,18). The van der Waals surface area contributed by atoms with Gasteiger partial charge in [0.05, 0.1) is 0 Å². The van der Waals surface area contributed by atoms with Crippen LogP contribution in [-0.4, -0.2) is 23.1 Å². The van der Waals surface area contributed by atoms with Gasteiger partial charge in [-0.2, -0.15) is 0 Å². The zero-order chi connectivity index (χ0) is 13.5. The summed E-state index contributed by atoms with van der Waals surface area (Å²) in [6.45, 7) is 9.87. The average molecular weight is 251 g/mol. The summed E-state index contributed by atoms with van der Waals surface area (Å²) in [6.07, 6.45) is 2.56. The number of nitrogens with one attached hydrogen (secondary N) is 2. The fraction of sp³-hybridized carbons (Fsp3) is 0.643. The van der Waals surface area contributed by atoms with Crippen LogP contribution in [-0.2, 0) is 11.3 Å². The van der Waals surface area contributed by atoms with Gasteiger partial charge in [-0.05, 0) is 39.4 Å². The van der Waals surface area contributed by atoms with Crippen molar-refractivity contribution in [2.45, 2.75) is 52.7 Å². The fourth-order valence-corrected chi connectivity index (χ4v) is 2.05. The summed E-state index contributed by atoms with van der Waals surface area (Å²) in [4.78, 5) is 11.6. The molecule has 102 valence electrons. The van der Waals surface area contributed by atoms with Gasteiger partial charge in [-0.25, -0.2) is 0 Å². The Hall–Kier alpha value is -1.29. The molecule has 0 aliphatic carbocycles. The number of nitrogens with zero attached hydrogens (tertiary/aromatic N) is 1. The fourth-order valence-electron chi connectivity index (χ4n) is 2.05. The summed E-state index contributed by atoms with van der Waals surface area (Å²) in [5.41, 5.74) is 1.23. The number of carbonyl (C=O) groups is 1. The van der Waals surface area contributed by atoms with Crippen LogP contribution in [0.3, 0.4) is 0 Å². The molecule has 0 aromatic carbocycles. The van der Waals surface area contributed by atoms with Crippen molar-refractivity contribution in [1.82, 2.24) is 15.2 Å². The zero-order valence-electron chi connectivity index (χ0n) is 11.9. The second-order valence-corrected chi connectivity index (χ2v) is 4.88. The molecule has 1 rings (SSSR count). The third-order valence-electron chi connectivity index (χ3n) is 2.85. The average Bonchev–Trinajstić information content (AvgIpc) is 2.73. The van der Waals surface area contributed by atoms with Gasteiger partial charge in [-0.1, -0.05) is 6.92 Å². The lowest BCUT2D eigenvalue weighted by Crippen LogP contribution is -2.31. The Morgan fingerprint density at radius 3 is 2.72 bits per heavy atom. The largest absolute Gasteiger partial charge is 0.354 e. The van der Waals surface area contributed by atoms with E-state index in [1.165, 1.54) is 5.69 Å². The highest BCUT2D eigenvalue weighted by atomic mass is 16.1. The van der Waals surface area contributed by atoms with Gasteiger partial charge < -0.3 is 15.2 Å². The van der Waals surface area contributed by atoms with E-state index >= 15 is 0 Å². The molecule has 0 bridgehead atoms. The molecule has 1 amide bonds. The van der Waals surface area contributed by atoms with Crippen molar-refractivity contribution >= 4 is 5.91 Å². The van der Waals surface area contributed by atoms with E-state index in [-0.39, 0.29) is 11.9 Å². The SMILES string of the molecule is CCNC(C)c1cccn1CCC(=O)NC(C)C. The van der Waals surface area contributed by atoms with Crippen molar-refractivity contribution in [3.63, 3.8) is 0 Å². The number of hydrogen-bond acceptors (Lipinski definition) is 2. The van der Waals surface area contributed by atoms with E-state index in [1.54, 1.807) is 0 Å². The maximum atomic E-state index is 11.6. The molecule has 1 heterocycles. The molecule has 1 atom stereocenters. The summed E-state index contributed by atoms with van der Waals surface area (Å²) >= 11 is 0. The van der Waals surface area contributed by atoms with Crippen LogP contribution in [0.1, 0.15) is 45.9 Å². The van der Waals surface area contributed by atoms with Gasteiger partial charge in [0.15, 0.2) is 0 Å². The number of hydrogen-bond donors (Lipinski definition) is 2. The van der Waals surface area contributed by atoms with E-state index in [1.807, 2.05) is 26.1 Å². The molecule has 0 spiro atoms. The van der Waals surface area contributed by atoms with Crippen LogP contribution >= 0.6 is 0 Å². The van der Waals surface area contributed by atoms with Gasteiger partial charge in [0.2, 0.25) is 5.91 Å². The molecule has 0 radical (unpaired) electrons. The predicted molar refractivity (Wildman–Crippen MR) is 74.4 cm³/mol. The number of aryl methyl sites for hydroxylation is 1. The highest BCUT2D eigenvalue weighted by Gasteiger charge is 2.10. The number of carbonyl (C=O) groups excluding carboxylic acids is 1. The van der Waals surface area contributed by atoms with Crippen LogP contribution < -0.4 is 10.6 Å². The smallest absolute Gasteiger partial charge is 0.221 e. The third-order valence-corrected chi connectivity index (χ3v) is 2.85. The molecule has 0 aliphatic heterocycles. The molecule has 0 fully saturated rings. The van der Waals surface area contributed by atoms with Crippen molar-refractivity contribution in [2.24, 2.45) is 0 Å². The van der Waals surface area contributed by atoms with E-state index in [0.717, 1.165) is 13.1 Å². The topological polar surface area (TPSA) is 46.1 Å². The van der Waals surface area contributed by atoms with Gasteiger partial charge in [0.25, 0.3) is 0 Å². The first-order valence-corrected chi connectivity index (χ1v) is 6.72. The van der Waals surface area contributed by atoms with Gasteiger partial charge in [0.1, 0.15) is 0 Å². The lowest BCUT2D eigenvalue weighted by molar-refractivity contribution is -0.121. The van der Waals surface area contributed by atoms with Gasteiger partial charge >= 0.3 is 0 Å². The van der Waals surface area contributed by atoms with Gasteiger partial charge in [-0.15, -0.1) is 0 Å². The Morgan fingerprint density at radius 2 is 2.11 bits per heavy atom. The Labute approximate surface area is 110 Å². The summed E-state index contributed by atoms with van der Waals surface area (Å²) in [7, 11) is 0. The minimum Gasteiger partial charge on any atom is -0.354 e. The van der Waals surface area contributed by atoms with Gasteiger partial charge in [0, 0.05) is 36.9 Å². The monoisotopic (exact) mass is 251 g/mol. The molecule has 0 aliphatic rings. The second kappa shape index (κ2) is 7.21. The highest BCUT2D eigenvalue weighted by molar-refractivity contribution is 5.76. The maximum Gasteiger partial charge on any atom is 0.221 e. The van der Waals surface area contributed by atoms with Crippen LogP contribution in [0, 0.1) is 0 Å². The number of amides is 1. The molecule has 1 unspecified atom stereocenters. The Kier molecular flexibility index (Phi) is 5.92. The molecule has 4 nitrogen and oxygen atoms in total. The van der Waals surface area contributed by atoms with Crippen molar-refractivity contribution in [3.05, 3.63) is 24.0 Å². The van der Waals surface area contributed by atoms with Crippen LogP contribution in [0.4, 0.5) is 0 Å². The first-order chi connectivity index (χ1) is 8.54. The first-order valence-electron chi connectivity index (χ1n) is 6.72. The third kappa shape index (κ3) is 4.53. The molecule has 18 heavy (non-hydrogen) atoms. The highest BCUT2D eigenvalue weighted by Crippen LogP contribution is 2.13. The summed E-state index contributed by atoms with van der Waals surface area (Å²) in [6, 6.07) is 4.66. The van der Waals surface area contributed by atoms with E-state index in [9.17, 15) is 4.79 Å². The normalized spacial score (nSPS) is 12.7. The number of aromatic nitrogens is 1. The predicted octanol–water partition coefficient (Wildman–Crippen LogP) is 2.07. The summed E-state index contributed by atoms with van der Waals surface area (Å²) in [5, 5.41) is 6.30. The molecule has 0 saturated carbocycles. The van der Waals surface area contributed by atoms with E-state index in [4.69, 9.17) is 0 Å². The van der Waals surface area contributed by atoms with Crippen molar-refractivity contribution < 1.29 is 4.79 Å². The molecule has 0 saturated heterocycles. The van der Waals surface area contributed by atoms with Crippen LogP contribution in [0.25, 0.3) is 0 Å². The Morgan fingerprint density at radius 1 is 1.39 bits per heavy atom.